The molecular weight excluding hydrogens is 348 g/mol. The molecule has 0 aliphatic heterocycles. The molecule has 0 saturated carbocycles. The Kier molecular flexibility index (Phi) is 4.33. The summed E-state index contributed by atoms with van der Waals surface area (Å²) in [6.45, 7) is 6.45. The lowest BCUT2D eigenvalue weighted by molar-refractivity contribution is -0.380. The van der Waals surface area contributed by atoms with Crippen molar-refractivity contribution in [2.45, 2.75) is 35.7 Å². The number of thiazole rings is 1. The average molecular weight is 362 g/mol. The normalized spacial score (nSPS) is 11.6. The lowest BCUT2D eigenvalue weighted by Crippen LogP contribution is -2.11. The highest BCUT2D eigenvalue weighted by molar-refractivity contribution is 8.00. The second-order valence-corrected chi connectivity index (χ2v) is 8.22. The van der Waals surface area contributed by atoms with Gasteiger partial charge in [-0.1, -0.05) is 32.9 Å². The maximum Gasteiger partial charge on any atom is 0.344 e. The van der Waals surface area contributed by atoms with Crippen LogP contribution in [0.4, 0.5) is 5.00 Å². The van der Waals surface area contributed by atoms with Crippen LogP contribution in [0.5, 0.6) is 0 Å². The van der Waals surface area contributed by atoms with Gasteiger partial charge in [-0.05, 0) is 56.6 Å². The Hall–Kier alpha value is -2.33. The van der Waals surface area contributed by atoms with Gasteiger partial charge in [0, 0.05) is 0 Å². The Morgan fingerprint density at radius 1 is 1.25 bits per heavy atom. The van der Waals surface area contributed by atoms with Crippen LogP contribution in [-0.4, -0.2) is 30.1 Å². The molecule has 0 aliphatic carbocycles. The summed E-state index contributed by atoms with van der Waals surface area (Å²) in [5, 5.41) is 22.9. The average Bonchev–Trinajstić information content (AvgIpc) is 3.16. The molecule has 0 atom stereocenters. The molecule has 3 rings (SSSR count). The Labute approximate surface area is 146 Å². The summed E-state index contributed by atoms with van der Waals surface area (Å²) in [6.07, 6.45) is 1.24. The second kappa shape index (κ2) is 6.29. The zero-order valence-electron chi connectivity index (χ0n) is 13.2. The van der Waals surface area contributed by atoms with Crippen molar-refractivity contribution in [1.82, 2.24) is 25.2 Å². The first-order valence-electron chi connectivity index (χ1n) is 7.02. The van der Waals surface area contributed by atoms with E-state index in [9.17, 15) is 10.1 Å². The van der Waals surface area contributed by atoms with Crippen LogP contribution in [0.25, 0.3) is 5.69 Å². The molecule has 0 fully saturated rings. The van der Waals surface area contributed by atoms with E-state index < -0.39 is 4.92 Å². The van der Waals surface area contributed by atoms with Gasteiger partial charge in [-0.25, -0.2) is 4.98 Å². The summed E-state index contributed by atoms with van der Waals surface area (Å²) < 4.78 is 2.11. The van der Waals surface area contributed by atoms with Gasteiger partial charge in [-0.15, -0.1) is 5.10 Å². The number of hydrogen-bond donors (Lipinski definition) is 0. The molecule has 1 aromatic carbocycles. The van der Waals surface area contributed by atoms with Gasteiger partial charge in [0.25, 0.3) is 0 Å². The van der Waals surface area contributed by atoms with Gasteiger partial charge in [0.05, 0.1) is 10.6 Å². The Balaban J connectivity index is 1.86. The van der Waals surface area contributed by atoms with Gasteiger partial charge >= 0.3 is 5.00 Å². The third kappa shape index (κ3) is 3.44. The number of benzene rings is 1. The van der Waals surface area contributed by atoms with E-state index in [2.05, 4.69) is 41.3 Å². The minimum atomic E-state index is -0.462. The van der Waals surface area contributed by atoms with Crippen molar-refractivity contribution < 1.29 is 4.92 Å². The number of rotatable bonds is 4. The van der Waals surface area contributed by atoms with Gasteiger partial charge in [0.2, 0.25) is 5.16 Å². The SMILES string of the molecule is CC(C)(C)c1ccc(-n2nnnc2Sc2ncc([N+](=O)[O-])s2)cc1. The molecule has 0 aliphatic rings. The number of nitro groups is 1. The maximum atomic E-state index is 10.7. The lowest BCUT2D eigenvalue weighted by atomic mass is 9.87. The third-order valence-electron chi connectivity index (χ3n) is 3.25. The van der Waals surface area contributed by atoms with Gasteiger partial charge < -0.3 is 0 Å². The predicted octanol–water partition coefficient (Wildman–Crippen LogP) is 3.48. The number of aromatic nitrogens is 5. The molecule has 124 valence electrons. The fraction of sp³-hybridized carbons (Fsp3) is 0.286. The van der Waals surface area contributed by atoms with Crippen molar-refractivity contribution >= 4 is 28.1 Å². The second-order valence-electron chi connectivity index (χ2n) is 5.99. The molecule has 0 radical (unpaired) electrons. The molecule has 0 amide bonds. The molecule has 10 heteroatoms. The summed E-state index contributed by atoms with van der Waals surface area (Å²) in [5.74, 6) is 0. The van der Waals surface area contributed by atoms with E-state index in [0.29, 0.717) is 9.50 Å². The van der Waals surface area contributed by atoms with Gasteiger partial charge in [-0.3, -0.25) is 10.1 Å². The van der Waals surface area contributed by atoms with Crippen molar-refractivity contribution in [2.75, 3.05) is 0 Å². The lowest BCUT2D eigenvalue weighted by Gasteiger charge is -2.19. The van der Waals surface area contributed by atoms with E-state index in [1.165, 1.54) is 23.5 Å². The minimum Gasteiger partial charge on any atom is -0.257 e. The smallest absolute Gasteiger partial charge is 0.257 e. The maximum absolute atomic E-state index is 10.7. The van der Waals surface area contributed by atoms with E-state index in [0.717, 1.165) is 17.0 Å². The van der Waals surface area contributed by atoms with Crippen LogP contribution in [0.2, 0.25) is 0 Å². The van der Waals surface area contributed by atoms with E-state index in [-0.39, 0.29) is 10.4 Å². The molecule has 2 heterocycles. The Morgan fingerprint density at radius 3 is 2.54 bits per heavy atom. The Bertz CT molecular complexity index is 866. The summed E-state index contributed by atoms with van der Waals surface area (Å²) in [5.41, 5.74) is 2.10. The Morgan fingerprint density at radius 2 is 1.96 bits per heavy atom. The zero-order valence-corrected chi connectivity index (χ0v) is 14.8. The summed E-state index contributed by atoms with van der Waals surface area (Å²) in [4.78, 5) is 14.3. The van der Waals surface area contributed by atoms with E-state index in [1.54, 1.807) is 4.68 Å². The number of tetrazole rings is 1. The number of nitrogens with zero attached hydrogens (tertiary/aromatic N) is 6. The van der Waals surface area contributed by atoms with Crippen molar-refractivity contribution in [3.8, 4) is 5.69 Å². The van der Waals surface area contributed by atoms with Crippen LogP contribution in [0, 0.1) is 10.1 Å². The molecule has 8 nitrogen and oxygen atoms in total. The standard InChI is InChI=1S/C14H14N6O2S2/c1-14(2,3)9-4-6-10(7-5-9)19-12(16-17-18-19)24-13-15-8-11(23-13)20(21)22/h4-8H,1-3H3. The van der Waals surface area contributed by atoms with Gasteiger partial charge in [0.1, 0.15) is 6.20 Å². The monoisotopic (exact) mass is 362 g/mol. The molecule has 0 N–H and O–H groups in total. The van der Waals surface area contributed by atoms with Crippen LogP contribution >= 0.6 is 23.1 Å². The third-order valence-corrected chi connectivity index (χ3v) is 5.21. The predicted molar refractivity (Wildman–Crippen MR) is 90.7 cm³/mol. The van der Waals surface area contributed by atoms with Crippen LogP contribution in [0.15, 0.2) is 40.0 Å². The topological polar surface area (TPSA) is 99.6 Å². The van der Waals surface area contributed by atoms with Gasteiger partial charge in [0.15, 0.2) is 4.34 Å². The van der Waals surface area contributed by atoms with E-state index in [4.69, 9.17) is 0 Å². The van der Waals surface area contributed by atoms with Crippen molar-refractivity contribution in [3.05, 3.63) is 46.1 Å². The van der Waals surface area contributed by atoms with Crippen molar-refractivity contribution in [3.63, 3.8) is 0 Å². The number of hydrogen-bond acceptors (Lipinski definition) is 8. The fourth-order valence-corrected chi connectivity index (χ4v) is 3.65. The molecule has 0 saturated heterocycles. The molecule has 0 spiro atoms. The van der Waals surface area contributed by atoms with Crippen LogP contribution in [0.3, 0.4) is 0 Å². The first-order valence-corrected chi connectivity index (χ1v) is 8.65. The van der Waals surface area contributed by atoms with Crippen molar-refractivity contribution in [1.29, 1.82) is 0 Å². The molecule has 0 unspecified atom stereocenters. The van der Waals surface area contributed by atoms with Crippen LogP contribution in [-0.2, 0) is 5.41 Å². The fourth-order valence-electron chi connectivity index (χ4n) is 1.97. The molecule has 3 aromatic rings. The summed E-state index contributed by atoms with van der Waals surface area (Å²) >= 11 is 2.19. The first-order chi connectivity index (χ1) is 11.3. The zero-order chi connectivity index (χ0) is 17.3. The molecular formula is C14H14N6O2S2. The molecule has 2 aromatic heterocycles. The summed E-state index contributed by atoms with van der Waals surface area (Å²) in [6, 6.07) is 7.98. The largest absolute Gasteiger partial charge is 0.344 e. The quantitative estimate of drug-likeness (QED) is 0.517. The van der Waals surface area contributed by atoms with Crippen LogP contribution in [0.1, 0.15) is 26.3 Å². The molecule has 0 bridgehead atoms. The van der Waals surface area contributed by atoms with Crippen molar-refractivity contribution in [2.24, 2.45) is 0 Å². The first kappa shape index (κ1) is 16.5. The molecule has 24 heavy (non-hydrogen) atoms. The van der Waals surface area contributed by atoms with E-state index >= 15 is 0 Å². The highest BCUT2D eigenvalue weighted by Crippen LogP contribution is 2.33. The van der Waals surface area contributed by atoms with Crippen LogP contribution < -0.4 is 0 Å². The van der Waals surface area contributed by atoms with Gasteiger partial charge in [-0.2, -0.15) is 4.68 Å². The highest BCUT2D eigenvalue weighted by Gasteiger charge is 2.17. The van der Waals surface area contributed by atoms with E-state index in [1.807, 2.05) is 24.3 Å². The highest BCUT2D eigenvalue weighted by atomic mass is 32.2. The summed E-state index contributed by atoms with van der Waals surface area (Å²) in [7, 11) is 0. The minimum absolute atomic E-state index is 0.00828.